The van der Waals surface area contributed by atoms with Crippen LogP contribution in [0.1, 0.15) is 16.7 Å². The van der Waals surface area contributed by atoms with Gasteiger partial charge in [0.05, 0.1) is 12.1 Å². The predicted molar refractivity (Wildman–Crippen MR) is 108 cm³/mol. The molecule has 0 spiro atoms. The van der Waals surface area contributed by atoms with Gasteiger partial charge in [-0.15, -0.1) is 10.2 Å². The van der Waals surface area contributed by atoms with Crippen molar-refractivity contribution in [1.82, 2.24) is 14.6 Å². The Kier molecular flexibility index (Phi) is 5.22. The Balaban J connectivity index is 1.67. The number of nitrogens with two attached hydrogens (primary N) is 1. The number of para-hydroxylation sites is 1. The van der Waals surface area contributed by atoms with E-state index in [-0.39, 0.29) is 13.0 Å². The summed E-state index contributed by atoms with van der Waals surface area (Å²) in [5.41, 5.74) is 11.0. The van der Waals surface area contributed by atoms with Crippen molar-refractivity contribution in [2.24, 2.45) is 5.73 Å². The fourth-order valence-corrected chi connectivity index (χ4v) is 3.26. The minimum atomic E-state index is -0.895. The van der Waals surface area contributed by atoms with E-state index in [2.05, 4.69) is 10.2 Å². The van der Waals surface area contributed by atoms with Gasteiger partial charge in [-0.25, -0.2) is 0 Å². The van der Waals surface area contributed by atoms with Gasteiger partial charge in [0, 0.05) is 12.1 Å². The smallest absolute Gasteiger partial charge is 0.307 e. The highest BCUT2D eigenvalue weighted by Crippen LogP contribution is 2.25. The van der Waals surface area contributed by atoms with Crippen LogP contribution >= 0.6 is 0 Å². The Hall–Kier alpha value is -3.71. The Bertz CT molecular complexity index is 1170. The standard InChI is InChI=1S/C22H20N4O3/c23-12-15-4-3-6-17(8-15)19-9-16(10-21-25-24-14-26(19)21)13-29-20-7-2-1-5-18(20)11-22(27)28/h1-10,14H,11-13,23H2,(H,27,28). The van der Waals surface area contributed by atoms with Gasteiger partial charge >= 0.3 is 5.97 Å². The molecular weight excluding hydrogens is 368 g/mol. The second kappa shape index (κ2) is 8.12. The fourth-order valence-electron chi connectivity index (χ4n) is 3.26. The lowest BCUT2D eigenvalue weighted by atomic mass is 10.1. The molecule has 7 heteroatoms. The number of hydrogen-bond acceptors (Lipinski definition) is 5. The molecule has 2 heterocycles. The van der Waals surface area contributed by atoms with E-state index in [1.807, 2.05) is 46.9 Å². The Morgan fingerprint density at radius 2 is 1.93 bits per heavy atom. The van der Waals surface area contributed by atoms with E-state index in [0.29, 0.717) is 23.5 Å². The number of fused-ring (bicyclic) bond motifs is 1. The number of carboxylic acids is 1. The van der Waals surface area contributed by atoms with Crippen molar-refractivity contribution in [3.05, 3.63) is 83.7 Å². The van der Waals surface area contributed by atoms with Gasteiger partial charge in [0.15, 0.2) is 5.65 Å². The number of aromatic nitrogens is 3. The first kappa shape index (κ1) is 18.6. The third-order valence-corrected chi connectivity index (χ3v) is 4.64. The molecule has 0 unspecified atom stereocenters. The zero-order valence-corrected chi connectivity index (χ0v) is 15.7. The predicted octanol–water partition coefficient (Wildman–Crippen LogP) is 3.06. The molecule has 4 rings (SSSR count). The zero-order chi connectivity index (χ0) is 20.2. The molecule has 2 aromatic heterocycles. The molecule has 146 valence electrons. The number of carbonyl (C=O) groups is 1. The molecule has 0 aliphatic carbocycles. The molecular formula is C22H20N4O3. The van der Waals surface area contributed by atoms with E-state index in [9.17, 15) is 4.79 Å². The van der Waals surface area contributed by atoms with Crippen LogP contribution in [0.2, 0.25) is 0 Å². The molecule has 0 bridgehead atoms. The molecule has 29 heavy (non-hydrogen) atoms. The van der Waals surface area contributed by atoms with Crippen LogP contribution < -0.4 is 10.5 Å². The number of rotatable bonds is 7. The number of aliphatic carboxylic acids is 1. The van der Waals surface area contributed by atoms with Crippen molar-refractivity contribution < 1.29 is 14.6 Å². The third-order valence-electron chi connectivity index (χ3n) is 4.64. The molecule has 0 fully saturated rings. The second-order valence-electron chi connectivity index (χ2n) is 6.68. The molecule has 0 radical (unpaired) electrons. The van der Waals surface area contributed by atoms with Crippen LogP contribution in [0.15, 0.2) is 67.0 Å². The largest absolute Gasteiger partial charge is 0.489 e. The first-order valence-electron chi connectivity index (χ1n) is 9.18. The minimum absolute atomic E-state index is 0.0868. The quantitative estimate of drug-likeness (QED) is 0.504. The van der Waals surface area contributed by atoms with Crippen molar-refractivity contribution in [2.45, 2.75) is 19.6 Å². The van der Waals surface area contributed by atoms with Gasteiger partial charge in [0.25, 0.3) is 0 Å². The lowest BCUT2D eigenvalue weighted by molar-refractivity contribution is -0.136. The number of carboxylic acid groups (broad SMARTS) is 1. The molecule has 0 atom stereocenters. The van der Waals surface area contributed by atoms with Crippen molar-refractivity contribution >= 4 is 11.6 Å². The Morgan fingerprint density at radius 3 is 2.76 bits per heavy atom. The first-order chi connectivity index (χ1) is 14.1. The third kappa shape index (κ3) is 4.09. The van der Waals surface area contributed by atoms with Crippen LogP contribution in [0.25, 0.3) is 16.9 Å². The van der Waals surface area contributed by atoms with Crippen molar-refractivity contribution in [1.29, 1.82) is 0 Å². The van der Waals surface area contributed by atoms with Gasteiger partial charge in [0.1, 0.15) is 18.7 Å². The summed E-state index contributed by atoms with van der Waals surface area (Å²) in [6, 6.07) is 19.1. The van der Waals surface area contributed by atoms with Crippen LogP contribution in [0.3, 0.4) is 0 Å². The van der Waals surface area contributed by atoms with Crippen LogP contribution in [0, 0.1) is 0 Å². The fraction of sp³-hybridized carbons (Fsp3) is 0.136. The number of pyridine rings is 1. The summed E-state index contributed by atoms with van der Waals surface area (Å²) >= 11 is 0. The molecule has 0 amide bonds. The van der Waals surface area contributed by atoms with E-state index in [0.717, 1.165) is 22.4 Å². The van der Waals surface area contributed by atoms with Gasteiger partial charge in [0.2, 0.25) is 0 Å². The highest BCUT2D eigenvalue weighted by molar-refractivity contribution is 5.71. The molecule has 0 aliphatic heterocycles. The van der Waals surface area contributed by atoms with Crippen molar-refractivity contribution in [3.8, 4) is 17.0 Å². The van der Waals surface area contributed by atoms with Gasteiger partial charge in [-0.2, -0.15) is 0 Å². The lowest BCUT2D eigenvalue weighted by Crippen LogP contribution is -2.05. The maximum Gasteiger partial charge on any atom is 0.307 e. The zero-order valence-electron chi connectivity index (χ0n) is 15.7. The highest BCUT2D eigenvalue weighted by atomic mass is 16.5. The minimum Gasteiger partial charge on any atom is -0.489 e. The molecule has 2 aromatic carbocycles. The lowest BCUT2D eigenvalue weighted by Gasteiger charge is -2.13. The highest BCUT2D eigenvalue weighted by Gasteiger charge is 2.11. The summed E-state index contributed by atoms with van der Waals surface area (Å²) in [5.74, 6) is -0.337. The average Bonchev–Trinajstić information content (AvgIpc) is 3.21. The van der Waals surface area contributed by atoms with Crippen LogP contribution in [-0.2, 0) is 24.4 Å². The Morgan fingerprint density at radius 1 is 1.07 bits per heavy atom. The SMILES string of the molecule is NCc1cccc(-c2cc(COc3ccccc3CC(=O)O)cc3nncn23)c1. The van der Waals surface area contributed by atoms with Crippen molar-refractivity contribution in [2.75, 3.05) is 0 Å². The molecule has 4 aromatic rings. The van der Waals surface area contributed by atoms with Crippen molar-refractivity contribution in [3.63, 3.8) is 0 Å². The number of ether oxygens (including phenoxy) is 1. The van der Waals surface area contributed by atoms with E-state index >= 15 is 0 Å². The van der Waals surface area contributed by atoms with Gasteiger partial charge in [-0.3, -0.25) is 9.20 Å². The second-order valence-corrected chi connectivity index (χ2v) is 6.68. The van der Waals surface area contributed by atoms with Crippen LogP contribution in [-0.4, -0.2) is 25.7 Å². The summed E-state index contributed by atoms with van der Waals surface area (Å²) in [5, 5.41) is 17.3. The number of benzene rings is 2. The normalized spacial score (nSPS) is 10.9. The summed E-state index contributed by atoms with van der Waals surface area (Å²) in [4.78, 5) is 11.1. The van der Waals surface area contributed by atoms with E-state index in [1.165, 1.54) is 0 Å². The van der Waals surface area contributed by atoms with Crippen LogP contribution in [0.4, 0.5) is 0 Å². The molecule has 0 saturated heterocycles. The number of nitrogens with zero attached hydrogens (tertiary/aromatic N) is 3. The van der Waals surface area contributed by atoms with Gasteiger partial charge in [-0.05, 0) is 41.0 Å². The van der Waals surface area contributed by atoms with Crippen LogP contribution in [0.5, 0.6) is 5.75 Å². The average molecular weight is 388 g/mol. The topological polar surface area (TPSA) is 103 Å². The van der Waals surface area contributed by atoms with E-state index in [4.69, 9.17) is 15.6 Å². The summed E-state index contributed by atoms with van der Waals surface area (Å²) in [7, 11) is 0. The van der Waals surface area contributed by atoms with E-state index < -0.39 is 5.97 Å². The van der Waals surface area contributed by atoms with Gasteiger partial charge < -0.3 is 15.6 Å². The molecule has 0 aliphatic rings. The summed E-state index contributed by atoms with van der Waals surface area (Å²) < 4.78 is 7.86. The number of hydrogen-bond donors (Lipinski definition) is 2. The van der Waals surface area contributed by atoms with E-state index in [1.54, 1.807) is 24.5 Å². The first-order valence-corrected chi connectivity index (χ1v) is 9.18. The molecule has 7 nitrogen and oxygen atoms in total. The van der Waals surface area contributed by atoms with Gasteiger partial charge in [-0.1, -0.05) is 36.4 Å². The monoisotopic (exact) mass is 388 g/mol. The molecule has 3 N–H and O–H groups in total. The molecule has 0 saturated carbocycles. The Labute approximate surface area is 167 Å². The maximum absolute atomic E-state index is 11.1. The summed E-state index contributed by atoms with van der Waals surface area (Å²) in [6.45, 7) is 0.742. The maximum atomic E-state index is 11.1. The summed E-state index contributed by atoms with van der Waals surface area (Å²) in [6.07, 6.45) is 1.59.